The summed E-state index contributed by atoms with van der Waals surface area (Å²) in [5.74, 6) is -0.348. The van der Waals surface area contributed by atoms with Gasteiger partial charge in [-0.2, -0.15) is 0 Å². The number of hydrogen-bond donors (Lipinski definition) is 0. The largest absolute Gasteiger partial charge is 0.294 e. The molecular weight excluding hydrogens is 443 g/mol. The fourth-order valence-corrected chi connectivity index (χ4v) is 3.41. The van der Waals surface area contributed by atoms with Crippen LogP contribution >= 0.6 is 47.8 Å². The van der Waals surface area contributed by atoms with Gasteiger partial charge in [-0.15, -0.1) is 0 Å². The van der Waals surface area contributed by atoms with E-state index in [-0.39, 0.29) is 18.0 Å². The molecule has 0 heterocycles. The van der Waals surface area contributed by atoms with Gasteiger partial charge in [0.2, 0.25) is 0 Å². The first-order valence-corrected chi connectivity index (χ1v) is 7.77. The zero-order valence-electron chi connectivity index (χ0n) is 9.59. The number of halogens is 4. The third kappa shape index (κ3) is 3.74. The molecular formula is C14H8Br3FO. The zero-order valence-corrected chi connectivity index (χ0v) is 14.3. The Kier molecular flexibility index (Phi) is 4.92. The van der Waals surface area contributed by atoms with Crippen LogP contribution < -0.4 is 0 Å². The third-order valence-corrected chi connectivity index (χ3v) is 4.49. The van der Waals surface area contributed by atoms with E-state index < -0.39 is 0 Å². The SMILES string of the molecule is O=C(Cc1ccc(F)cc1Br)c1ccc(Br)cc1Br. The van der Waals surface area contributed by atoms with Gasteiger partial charge in [0, 0.05) is 25.4 Å². The second-order valence-electron chi connectivity index (χ2n) is 3.96. The van der Waals surface area contributed by atoms with Crippen molar-refractivity contribution in [3.8, 4) is 0 Å². The quantitative estimate of drug-likeness (QED) is 0.561. The Morgan fingerprint density at radius 2 is 1.74 bits per heavy atom. The maximum atomic E-state index is 13.0. The molecule has 0 N–H and O–H groups in total. The summed E-state index contributed by atoms with van der Waals surface area (Å²) in [6.45, 7) is 0. The Labute approximate surface area is 135 Å². The summed E-state index contributed by atoms with van der Waals surface area (Å²) in [5, 5.41) is 0. The molecule has 0 radical (unpaired) electrons. The molecule has 5 heteroatoms. The van der Waals surface area contributed by atoms with E-state index in [2.05, 4.69) is 47.8 Å². The lowest BCUT2D eigenvalue weighted by atomic mass is 10.0. The Morgan fingerprint density at radius 3 is 2.37 bits per heavy atom. The predicted molar refractivity (Wildman–Crippen MR) is 84.0 cm³/mol. The first-order chi connectivity index (χ1) is 8.97. The zero-order chi connectivity index (χ0) is 14.0. The van der Waals surface area contributed by atoms with Crippen LogP contribution in [-0.2, 0) is 6.42 Å². The van der Waals surface area contributed by atoms with Gasteiger partial charge in [0.1, 0.15) is 5.82 Å². The molecule has 0 aliphatic rings. The lowest BCUT2D eigenvalue weighted by Crippen LogP contribution is -2.05. The van der Waals surface area contributed by atoms with Gasteiger partial charge in [0.15, 0.2) is 5.78 Å². The summed E-state index contributed by atoms with van der Waals surface area (Å²) in [7, 11) is 0. The number of carbonyl (C=O) groups excluding carboxylic acids is 1. The van der Waals surface area contributed by atoms with Gasteiger partial charge in [-0.3, -0.25) is 4.79 Å². The molecule has 2 aromatic rings. The fourth-order valence-electron chi connectivity index (χ4n) is 1.65. The number of benzene rings is 2. The van der Waals surface area contributed by atoms with E-state index in [1.807, 2.05) is 12.1 Å². The molecule has 0 aliphatic heterocycles. The van der Waals surface area contributed by atoms with Gasteiger partial charge in [-0.1, -0.05) is 53.9 Å². The van der Waals surface area contributed by atoms with Crippen LogP contribution in [0.2, 0.25) is 0 Å². The van der Waals surface area contributed by atoms with E-state index in [0.29, 0.717) is 10.0 Å². The molecule has 0 amide bonds. The van der Waals surface area contributed by atoms with Crippen LogP contribution in [0.1, 0.15) is 15.9 Å². The smallest absolute Gasteiger partial charge is 0.168 e. The van der Waals surface area contributed by atoms with Crippen molar-refractivity contribution in [2.45, 2.75) is 6.42 Å². The molecule has 0 bridgehead atoms. The molecule has 0 saturated heterocycles. The first-order valence-electron chi connectivity index (χ1n) is 5.39. The van der Waals surface area contributed by atoms with Crippen molar-refractivity contribution in [3.63, 3.8) is 0 Å². The summed E-state index contributed by atoms with van der Waals surface area (Å²) >= 11 is 9.98. The van der Waals surface area contributed by atoms with Crippen LogP contribution in [0.15, 0.2) is 49.8 Å². The summed E-state index contributed by atoms with van der Waals surface area (Å²) < 4.78 is 15.2. The Morgan fingerprint density at radius 1 is 1.00 bits per heavy atom. The predicted octanol–water partition coefficient (Wildman–Crippen LogP) is 5.54. The summed E-state index contributed by atoms with van der Waals surface area (Å²) in [6, 6.07) is 9.73. The lowest BCUT2D eigenvalue weighted by Gasteiger charge is -2.06. The normalized spacial score (nSPS) is 10.5. The van der Waals surface area contributed by atoms with Gasteiger partial charge in [0.05, 0.1) is 0 Å². The molecule has 2 rings (SSSR count). The average molecular weight is 451 g/mol. The van der Waals surface area contributed by atoms with Gasteiger partial charge in [0.25, 0.3) is 0 Å². The van der Waals surface area contributed by atoms with Crippen LogP contribution in [-0.4, -0.2) is 5.78 Å². The molecule has 0 spiro atoms. The molecule has 0 saturated carbocycles. The summed E-state index contributed by atoms with van der Waals surface area (Å²) in [6.07, 6.45) is 0.223. The number of Topliss-reactive ketones (excluding diaryl/α,β-unsaturated/α-hetero) is 1. The van der Waals surface area contributed by atoms with Crippen molar-refractivity contribution < 1.29 is 9.18 Å². The molecule has 0 aromatic heterocycles. The summed E-state index contributed by atoms with van der Waals surface area (Å²) in [5.41, 5.74) is 1.38. The maximum absolute atomic E-state index is 13.0. The minimum Gasteiger partial charge on any atom is -0.294 e. The molecule has 0 atom stereocenters. The van der Waals surface area contributed by atoms with Gasteiger partial charge in [-0.25, -0.2) is 4.39 Å². The van der Waals surface area contributed by atoms with Crippen LogP contribution in [0.4, 0.5) is 4.39 Å². The van der Waals surface area contributed by atoms with Gasteiger partial charge < -0.3 is 0 Å². The number of rotatable bonds is 3. The highest BCUT2D eigenvalue weighted by molar-refractivity contribution is 9.11. The average Bonchev–Trinajstić information content (AvgIpc) is 2.32. The van der Waals surface area contributed by atoms with E-state index in [0.717, 1.165) is 14.5 Å². The van der Waals surface area contributed by atoms with E-state index >= 15 is 0 Å². The monoisotopic (exact) mass is 448 g/mol. The minimum atomic E-state index is -0.326. The lowest BCUT2D eigenvalue weighted by molar-refractivity contribution is 0.0992. The van der Waals surface area contributed by atoms with Crippen LogP contribution in [0.5, 0.6) is 0 Å². The fraction of sp³-hybridized carbons (Fsp3) is 0.0714. The standard InChI is InChI=1S/C14H8Br3FO/c15-9-2-4-11(13(17)6-9)14(19)5-8-1-3-10(18)7-12(8)16/h1-4,6-7H,5H2. The minimum absolute atomic E-state index is 0.0216. The van der Waals surface area contributed by atoms with E-state index in [4.69, 9.17) is 0 Å². The van der Waals surface area contributed by atoms with E-state index in [1.54, 1.807) is 12.1 Å². The third-order valence-electron chi connectivity index (χ3n) is 2.60. The highest BCUT2D eigenvalue weighted by Crippen LogP contribution is 2.25. The Balaban J connectivity index is 2.25. The highest BCUT2D eigenvalue weighted by Gasteiger charge is 2.13. The Hall–Kier alpha value is -0.520. The highest BCUT2D eigenvalue weighted by atomic mass is 79.9. The number of hydrogen-bond acceptors (Lipinski definition) is 1. The van der Waals surface area contributed by atoms with E-state index in [9.17, 15) is 9.18 Å². The van der Waals surface area contributed by atoms with Crippen LogP contribution in [0.3, 0.4) is 0 Å². The second-order valence-corrected chi connectivity index (χ2v) is 6.58. The number of carbonyl (C=O) groups is 1. The molecule has 0 fully saturated rings. The molecule has 98 valence electrons. The van der Waals surface area contributed by atoms with Crippen LogP contribution in [0, 0.1) is 5.82 Å². The second kappa shape index (κ2) is 6.29. The van der Waals surface area contributed by atoms with Crippen molar-refractivity contribution in [1.82, 2.24) is 0 Å². The van der Waals surface area contributed by atoms with Crippen molar-refractivity contribution in [1.29, 1.82) is 0 Å². The number of ketones is 1. The maximum Gasteiger partial charge on any atom is 0.168 e. The van der Waals surface area contributed by atoms with Crippen molar-refractivity contribution >= 4 is 53.6 Å². The van der Waals surface area contributed by atoms with Gasteiger partial charge in [-0.05, 0) is 35.9 Å². The molecule has 0 aliphatic carbocycles. The van der Waals surface area contributed by atoms with Crippen LogP contribution in [0.25, 0.3) is 0 Å². The Bertz CT molecular complexity index is 641. The van der Waals surface area contributed by atoms with Crippen molar-refractivity contribution in [3.05, 3.63) is 66.8 Å². The molecule has 2 aromatic carbocycles. The molecule has 1 nitrogen and oxygen atoms in total. The summed E-state index contributed by atoms with van der Waals surface area (Å²) in [4.78, 5) is 12.2. The van der Waals surface area contributed by atoms with Gasteiger partial charge >= 0.3 is 0 Å². The first kappa shape index (κ1) is 14.9. The van der Waals surface area contributed by atoms with Crippen molar-refractivity contribution in [2.24, 2.45) is 0 Å². The van der Waals surface area contributed by atoms with E-state index in [1.165, 1.54) is 12.1 Å². The molecule has 0 unspecified atom stereocenters. The van der Waals surface area contributed by atoms with Crippen molar-refractivity contribution in [2.75, 3.05) is 0 Å². The topological polar surface area (TPSA) is 17.1 Å². The molecule has 19 heavy (non-hydrogen) atoms.